The van der Waals surface area contributed by atoms with Crippen LogP contribution >= 0.6 is 15.9 Å². The van der Waals surface area contributed by atoms with Crippen LogP contribution in [0.25, 0.3) is 0 Å². The molecule has 1 aliphatic rings. The molecule has 9 heteroatoms. The first kappa shape index (κ1) is 16.6. The van der Waals surface area contributed by atoms with Crippen molar-refractivity contribution in [3.63, 3.8) is 0 Å². The van der Waals surface area contributed by atoms with Crippen LogP contribution in [0.4, 0.5) is 26.3 Å². The Morgan fingerprint density at radius 2 is 1.53 bits per heavy atom. The third kappa shape index (κ3) is 4.00. The third-order valence-corrected chi connectivity index (χ3v) is 4.20. The summed E-state index contributed by atoms with van der Waals surface area (Å²) in [6.07, 6.45) is -9.23. The highest BCUT2D eigenvalue weighted by Gasteiger charge is 2.61. The number of carbonyl (C=O) groups is 1. The standard InChI is InChI=1S/C10H12BrF6NO/c11-5-8(3-1-2-4-8)18-7(19)6(9(12,13)14)10(15,16)17/h6H,1-5H2,(H,18,19). The molecule has 1 rings (SSSR count). The van der Waals surface area contributed by atoms with E-state index in [0.717, 1.165) is 0 Å². The first-order valence-corrected chi connectivity index (χ1v) is 6.65. The van der Waals surface area contributed by atoms with E-state index in [1.165, 1.54) is 0 Å². The summed E-state index contributed by atoms with van der Waals surface area (Å²) in [5.74, 6) is -6.00. The molecule has 0 aliphatic heterocycles. The second-order valence-corrected chi connectivity index (χ2v) is 5.19. The summed E-state index contributed by atoms with van der Waals surface area (Å²) in [4.78, 5) is 11.4. The van der Waals surface area contributed by atoms with E-state index in [0.29, 0.717) is 25.7 Å². The van der Waals surface area contributed by atoms with Crippen LogP contribution in [0, 0.1) is 5.92 Å². The van der Waals surface area contributed by atoms with E-state index < -0.39 is 29.7 Å². The zero-order valence-corrected chi connectivity index (χ0v) is 11.3. The number of nitrogens with one attached hydrogen (secondary N) is 1. The van der Waals surface area contributed by atoms with Gasteiger partial charge in [0.2, 0.25) is 11.8 Å². The van der Waals surface area contributed by atoms with Gasteiger partial charge in [0.1, 0.15) is 0 Å². The SMILES string of the molecule is O=C(NC1(CBr)CCCC1)C(C(F)(F)F)C(F)(F)F. The van der Waals surface area contributed by atoms with Crippen molar-refractivity contribution in [3.8, 4) is 0 Å². The minimum atomic E-state index is -5.64. The Labute approximate surface area is 114 Å². The molecular weight excluding hydrogens is 344 g/mol. The molecular formula is C10H12BrF6NO. The number of amides is 1. The summed E-state index contributed by atoms with van der Waals surface area (Å²) in [7, 11) is 0. The van der Waals surface area contributed by atoms with Gasteiger partial charge in [0, 0.05) is 10.9 Å². The molecule has 0 unspecified atom stereocenters. The van der Waals surface area contributed by atoms with E-state index >= 15 is 0 Å². The van der Waals surface area contributed by atoms with Crippen molar-refractivity contribution in [2.75, 3.05) is 5.33 Å². The summed E-state index contributed by atoms with van der Waals surface area (Å²) in [6, 6.07) is 0. The third-order valence-electron chi connectivity index (χ3n) is 3.12. The number of carbonyl (C=O) groups excluding carboxylic acids is 1. The van der Waals surface area contributed by atoms with Crippen molar-refractivity contribution in [2.24, 2.45) is 5.92 Å². The molecule has 2 nitrogen and oxygen atoms in total. The summed E-state index contributed by atoms with van der Waals surface area (Å²) < 4.78 is 74.3. The smallest absolute Gasteiger partial charge is 0.349 e. The molecule has 0 aromatic carbocycles. The van der Waals surface area contributed by atoms with Gasteiger partial charge in [0.05, 0.1) is 0 Å². The molecule has 0 bridgehead atoms. The lowest BCUT2D eigenvalue weighted by atomic mass is 9.98. The second-order valence-electron chi connectivity index (χ2n) is 4.63. The van der Waals surface area contributed by atoms with Gasteiger partial charge in [-0.05, 0) is 12.8 Å². The van der Waals surface area contributed by atoms with E-state index in [9.17, 15) is 31.1 Å². The number of halogens is 7. The van der Waals surface area contributed by atoms with Crippen LogP contribution in [-0.2, 0) is 4.79 Å². The van der Waals surface area contributed by atoms with Gasteiger partial charge in [0.15, 0.2) is 0 Å². The largest absolute Gasteiger partial charge is 0.409 e. The normalized spacial score (nSPS) is 19.8. The molecule has 1 aliphatic carbocycles. The van der Waals surface area contributed by atoms with E-state index in [2.05, 4.69) is 15.9 Å². The highest BCUT2D eigenvalue weighted by atomic mass is 79.9. The molecule has 19 heavy (non-hydrogen) atoms. The average molecular weight is 356 g/mol. The minimum absolute atomic E-state index is 0.133. The molecule has 1 fully saturated rings. The Kier molecular flexibility index (Phi) is 4.79. The topological polar surface area (TPSA) is 29.1 Å². The van der Waals surface area contributed by atoms with Crippen molar-refractivity contribution in [2.45, 2.75) is 43.6 Å². The Hall–Kier alpha value is -0.470. The molecule has 0 heterocycles. The average Bonchev–Trinajstić information content (AvgIpc) is 2.61. The molecule has 0 atom stereocenters. The predicted octanol–water partition coefficient (Wildman–Crippen LogP) is 3.55. The highest BCUT2D eigenvalue weighted by molar-refractivity contribution is 9.09. The van der Waals surface area contributed by atoms with E-state index in [1.54, 1.807) is 0 Å². The summed E-state index contributed by atoms with van der Waals surface area (Å²) >= 11 is 3.03. The zero-order chi connectivity index (χ0) is 14.9. The van der Waals surface area contributed by atoms with E-state index in [-0.39, 0.29) is 5.33 Å². The van der Waals surface area contributed by atoms with Crippen LogP contribution < -0.4 is 5.32 Å². The van der Waals surface area contributed by atoms with Gasteiger partial charge >= 0.3 is 12.4 Å². The molecule has 0 spiro atoms. The van der Waals surface area contributed by atoms with Crippen LogP contribution in [0.3, 0.4) is 0 Å². The van der Waals surface area contributed by atoms with E-state index in [4.69, 9.17) is 0 Å². The first-order chi connectivity index (χ1) is 8.52. The van der Waals surface area contributed by atoms with Gasteiger partial charge in [-0.15, -0.1) is 0 Å². The minimum Gasteiger partial charge on any atom is -0.349 e. The number of rotatable bonds is 3. The van der Waals surface area contributed by atoms with Crippen molar-refractivity contribution >= 4 is 21.8 Å². The van der Waals surface area contributed by atoms with Gasteiger partial charge < -0.3 is 5.32 Å². The zero-order valence-electron chi connectivity index (χ0n) is 9.67. The van der Waals surface area contributed by atoms with Crippen LogP contribution in [0.1, 0.15) is 25.7 Å². The van der Waals surface area contributed by atoms with Gasteiger partial charge in [-0.1, -0.05) is 28.8 Å². The van der Waals surface area contributed by atoms with Gasteiger partial charge in [0.25, 0.3) is 0 Å². The number of hydrogen-bond acceptors (Lipinski definition) is 1. The second kappa shape index (κ2) is 5.49. The Bertz CT molecular complexity index is 320. The van der Waals surface area contributed by atoms with Crippen molar-refractivity contribution in [3.05, 3.63) is 0 Å². The van der Waals surface area contributed by atoms with Crippen molar-refractivity contribution in [1.82, 2.24) is 5.32 Å². The lowest BCUT2D eigenvalue weighted by molar-refractivity contribution is -0.274. The summed E-state index contributed by atoms with van der Waals surface area (Å²) in [5.41, 5.74) is -1.01. The van der Waals surface area contributed by atoms with Crippen LogP contribution in [-0.4, -0.2) is 29.1 Å². The monoisotopic (exact) mass is 355 g/mol. The molecule has 0 aromatic rings. The molecule has 0 radical (unpaired) electrons. The van der Waals surface area contributed by atoms with Crippen molar-refractivity contribution < 1.29 is 31.1 Å². The maximum absolute atomic E-state index is 12.4. The maximum atomic E-state index is 12.4. The first-order valence-electron chi connectivity index (χ1n) is 5.53. The lowest BCUT2D eigenvalue weighted by Gasteiger charge is -2.31. The van der Waals surface area contributed by atoms with Gasteiger partial charge in [-0.3, -0.25) is 4.79 Å². The van der Waals surface area contributed by atoms with E-state index in [1.807, 2.05) is 5.32 Å². The molecule has 0 saturated heterocycles. The Balaban J connectivity index is 2.90. The summed E-state index contributed by atoms with van der Waals surface area (Å²) in [5, 5.41) is 2.06. The molecule has 1 N–H and O–H groups in total. The molecule has 0 aromatic heterocycles. The van der Waals surface area contributed by atoms with Crippen LogP contribution in [0.15, 0.2) is 0 Å². The van der Waals surface area contributed by atoms with Crippen LogP contribution in [0.5, 0.6) is 0 Å². The molecule has 1 saturated carbocycles. The fourth-order valence-corrected chi connectivity index (χ4v) is 2.86. The van der Waals surface area contributed by atoms with Crippen molar-refractivity contribution in [1.29, 1.82) is 0 Å². The Morgan fingerprint density at radius 1 is 1.11 bits per heavy atom. The fourth-order valence-electron chi connectivity index (χ4n) is 2.16. The van der Waals surface area contributed by atoms with Gasteiger partial charge in [-0.25, -0.2) is 0 Å². The fraction of sp³-hybridized carbons (Fsp3) is 0.900. The molecule has 1 amide bonds. The molecule has 112 valence electrons. The highest BCUT2D eigenvalue weighted by Crippen LogP contribution is 2.40. The van der Waals surface area contributed by atoms with Gasteiger partial charge in [-0.2, -0.15) is 26.3 Å². The quantitative estimate of drug-likeness (QED) is 0.608. The number of alkyl halides is 7. The lowest BCUT2D eigenvalue weighted by Crippen LogP contribution is -2.55. The number of hydrogen-bond donors (Lipinski definition) is 1. The predicted molar refractivity (Wildman–Crippen MR) is 58.7 cm³/mol. The Morgan fingerprint density at radius 3 is 1.84 bits per heavy atom. The van der Waals surface area contributed by atoms with Crippen LogP contribution in [0.2, 0.25) is 0 Å². The maximum Gasteiger partial charge on any atom is 0.409 e. The summed E-state index contributed by atoms with van der Waals surface area (Å²) in [6.45, 7) is 0.